The van der Waals surface area contributed by atoms with Gasteiger partial charge in [-0.05, 0) is 39.6 Å². The molecule has 1 saturated heterocycles. The van der Waals surface area contributed by atoms with Crippen molar-refractivity contribution >= 4 is 17.0 Å². The maximum absolute atomic E-state index is 14.3. The first-order chi connectivity index (χ1) is 15.3. The summed E-state index contributed by atoms with van der Waals surface area (Å²) in [5.74, 6) is 0.661. The average molecular weight is 435 g/mol. The molecule has 8 heteroatoms. The first-order valence-electron chi connectivity index (χ1n) is 10.4. The van der Waals surface area contributed by atoms with Gasteiger partial charge < -0.3 is 4.90 Å². The molecule has 5 rings (SSSR count). The molecule has 2 aromatic carbocycles. The largest absolute Gasteiger partial charge is 0.367 e. The van der Waals surface area contributed by atoms with E-state index < -0.39 is 0 Å². The molecule has 0 spiro atoms. The lowest BCUT2D eigenvalue weighted by molar-refractivity contribution is 0.201. The second-order valence-corrected chi connectivity index (χ2v) is 8.59. The second-order valence-electron chi connectivity index (χ2n) is 7.56. The smallest absolute Gasteiger partial charge is 0.173 e. The van der Waals surface area contributed by atoms with Gasteiger partial charge in [0, 0.05) is 31.1 Å². The van der Waals surface area contributed by atoms with Crippen molar-refractivity contribution in [2.45, 2.75) is 12.6 Å². The highest BCUT2D eigenvalue weighted by atomic mass is 32.1. The molecule has 0 N–H and O–H groups in total. The molecule has 1 fully saturated rings. The van der Waals surface area contributed by atoms with Gasteiger partial charge >= 0.3 is 0 Å². The number of anilines is 1. The normalized spacial score (nSPS) is 15.8. The monoisotopic (exact) mass is 434 g/mol. The van der Waals surface area contributed by atoms with Gasteiger partial charge in [-0.2, -0.15) is 0 Å². The Hall–Kier alpha value is -3.10. The van der Waals surface area contributed by atoms with Crippen LogP contribution in [0.25, 0.3) is 0 Å². The summed E-state index contributed by atoms with van der Waals surface area (Å²) in [4.78, 5) is 5.72. The molecule has 31 heavy (non-hydrogen) atoms. The van der Waals surface area contributed by atoms with Crippen molar-refractivity contribution in [3.05, 3.63) is 94.2 Å². The van der Waals surface area contributed by atoms with Crippen LogP contribution in [0.1, 0.15) is 22.3 Å². The Balaban J connectivity index is 1.41. The minimum Gasteiger partial charge on any atom is -0.367 e. The number of para-hydroxylation sites is 1. The number of halogens is 1. The molecule has 3 heterocycles. The third-order valence-corrected chi connectivity index (χ3v) is 6.54. The van der Waals surface area contributed by atoms with Crippen LogP contribution in [0.2, 0.25) is 0 Å². The lowest BCUT2D eigenvalue weighted by atomic mass is 10.0. The van der Waals surface area contributed by atoms with Crippen LogP contribution in [-0.2, 0) is 6.54 Å². The minimum atomic E-state index is -0.171. The molecule has 0 radical (unpaired) electrons. The molecule has 1 atom stereocenters. The van der Waals surface area contributed by atoms with E-state index in [0.29, 0.717) is 12.2 Å². The highest BCUT2D eigenvalue weighted by Gasteiger charge is 2.31. The van der Waals surface area contributed by atoms with Crippen molar-refractivity contribution < 1.29 is 4.39 Å². The zero-order valence-electron chi connectivity index (χ0n) is 17.0. The van der Waals surface area contributed by atoms with Crippen LogP contribution in [0.4, 0.5) is 10.1 Å². The number of rotatable bonds is 6. The quantitative estimate of drug-likeness (QED) is 0.462. The van der Waals surface area contributed by atoms with E-state index in [4.69, 9.17) is 0 Å². The molecule has 0 bridgehead atoms. The summed E-state index contributed by atoms with van der Waals surface area (Å²) in [5, 5.41) is 14.8. The van der Waals surface area contributed by atoms with Crippen molar-refractivity contribution in [3.63, 3.8) is 0 Å². The molecule has 2 aromatic heterocycles. The van der Waals surface area contributed by atoms with Crippen molar-refractivity contribution in [2.75, 3.05) is 31.1 Å². The van der Waals surface area contributed by atoms with E-state index in [2.05, 4.69) is 48.9 Å². The highest BCUT2D eigenvalue weighted by Crippen LogP contribution is 2.30. The zero-order chi connectivity index (χ0) is 21.0. The van der Waals surface area contributed by atoms with E-state index >= 15 is 0 Å². The van der Waals surface area contributed by atoms with Gasteiger partial charge in [0.05, 0.1) is 18.3 Å². The molecule has 0 amide bonds. The van der Waals surface area contributed by atoms with E-state index in [-0.39, 0.29) is 11.9 Å². The van der Waals surface area contributed by atoms with E-state index in [0.717, 1.165) is 37.6 Å². The minimum absolute atomic E-state index is 0.0565. The Morgan fingerprint density at radius 3 is 2.42 bits per heavy atom. The number of piperazine rings is 1. The molecule has 4 aromatic rings. The third-order valence-electron chi connectivity index (χ3n) is 5.68. The Kier molecular flexibility index (Phi) is 5.73. The van der Waals surface area contributed by atoms with Gasteiger partial charge in [0.15, 0.2) is 5.82 Å². The molecule has 0 unspecified atom stereocenters. The fraction of sp³-hybridized carbons (Fsp3) is 0.261. The molecular formula is C23H23FN6S. The van der Waals surface area contributed by atoms with Crippen LogP contribution in [0.3, 0.4) is 0 Å². The first-order valence-corrected chi connectivity index (χ1v) is 11.2. The highest BCUT2D eigenvalue weighted by molar-refractivity contribution is 7.09. The summed E-state index contributed by atoms with van der Waals surface area (Å²) in [6.07, 6.45) is 0. The Bertz CT molecular complexity index is 1110. The van der Waals surface area contributed by atoms with Crippen molar-refractivity contribution in [3.8, 4) is 0 Å². The van der Waals surface area contributed by atoms with Crippen molar-refractivity contribution in [1.82, 2.24) is 25.1 Å². The van der Waals surface area contributed by atoms with Gasteiger partial charge in [0.1, 0.15) is 5.82 Å². The van der Waals surface area contributed by atoms with E-state index in [1.165, 1.54) is 10.9 Å². The number of nitrogens with zero attached hydrogens (tertiary/aromatic N) is 6. The van der Waals surface area contributed by atoms with Crippen LogP contribution < -0.4 is 4.90 Å². The first kappa shape index (κ1) is 19.8. The number of aromatic nitrogens is 4. The molecule has 0 saturated carbocycles. The standard InChI is InChI=1S/C23H23FN6S/c24-20-10-4-5-11-21(20)28-12-14-29(15-13-28)22(18-7-2-1-3-8-18)23-25-26-27-30(23)17-19-9-6-16-31-19/h1-11,16,22H,12-15,17H2/t22-/m0/s1. The van der Waals surface area contributed by atoms with E-state index in [1.54, 1.807) is 17.4 Å². The molecule has 0 aliphatic carbocycles. The topological polar surface area (TPSA) is 50.1 Å². The van der Waals surface area contributed by atoms with Crippen LogP contribution in [0.5, 0.6) is 0 Å². The number of hydrogen-bond acceptors (Lipinski definition) is 6. The lowest BCUT2D eigenvalue weighted by Crippen LogP contribution is -2.48. The predicted octanol–water partition coefficient (Wildman–Crippen LogP) is 3.83. The summed E-state index contributed by atoms with van der Waals surface area (Å²) in [6, 6.07) is 21.4. The predicted molar refractivity (Wildman–Crippen MR) is 120 cm³/mol. The third kappa shape index (κ3) is 4.22. The van der Waals surface area contributed by atoms with Crippen LogP contribution in [0.15, 0.2) is 72.1 Å². The van der Waals surface area contributed by atoms with Gasteiger partial charge in [0.25, 0.3) is 0 Å². The van der Waals surface area contributed by atoms with Crippen LogP contribution in [-0.4, -0.2) is 51.3 Å². The second kappa shape index (κ2) is 8.95. The van der Waals surface area contributed by atoms with Crippen molar-refractivity contribution in [2.24, 2.45) is 0 Å². The fourth-order valence-corrected chi connectivity index (χ4v) is 4.84. The van der Waals surface area contributed by atoms with Gasteiger partial charge in [0.2, 0.25) is 0 Å². The summed E-state index contributed by atoms with van der Waals surface area (Å²) in [5.41, 5.74) is 1.82. The summed E-state index contributed by atoms with van der Waals surface area (Å²) < 4.78 is 16.2. The Labute approximate surface area is 184 Å². The SMILES string of the molecule is Fc1ccccc1N1CCN([C@@H](c2ccccc2)c2nnnn2Cc2cccs2)CC1. The number of benzene rings is 2. The molecule has 6 nitrogen and oxygen atoms in total. The van der Waals surface area contributed by atoms with Gasteiger partial charge in [-0.1, -0.05) is 48.5 Å². The van der Waals surface area contributed by atoms with Gasteiger partial charge in [-0.15, -0.1) is 16.4 Å². The summed E-state index contributed by atoms with van der Waals surface area (Å²) >= 11 is 1.70. The van der Waals surface area contributed by atoms with Crippen LogP contribution in [0, 0.1) is 5.82 Å². The Morgan fingerprint density at radius 1 is 0.903 bits per heavy atom. The van der Waals surface area contributed by atoms with E-state index in [1.807, 2.05) is 41.1 Å². The summed E-state index contributed by atoms with van der Waals surface area (Å²) in [7, 11) is 0. The summed E-state index contributed by atoms with van der Waals surface area (Å²) in [6.45, 7) is 3.73. The average Bonchev–Trinajstić information content (AvgIpc) is 3.49. The van der Waals surface area contributed by atoms with E-state index in [9.17, 15) is 4.39 Å². The number of tetrazole rings is 1. The number of hydrogen-bond donors (Lipinski definition) is 0. The van der Waals surface area contributed by atoms with Crippen molar-refractivity contribution in [1.29, 1.82) is 0 Å². The maximum atomic E-state index is 14.3. The lowest BCUT2D eigenvalue weighted by Gasteiger charge is -2.40. The van der Waals surface area contributed by atoms with Gasteiger partial charge in [-0.25, -0.2) is 9.07 Å². The zero-order valence-corrected chi connectivity index (χ0v) is 17.8. The van der Waals surface area contributed by atoms with Crippen LogP contribution >= 0.6 is 11.3 Å². The molecule has 1 aliphatic rings. The molecular weight excluding hydrogens is 411 g/mol. The fourth-order valence-electron chi connectivity index (χ4n) is 4.16. The molecule has 1 aliphatic heterocycles. The maximum Gasteiger partial charge on any atom is 0.173 e. The Morgan fingerprint density at radius 2 is 1.68 bits per heavy atom. The number of thiophene rings is 1. The van der Waals surface area contributed by atoms with Gasteiger partial charge in [-0.3, -0.25) is 4.90 Å². The molecule has 158 valence electrons.